The zero-order valence-electron chi connectivity index (χ0n) is 11.6. The lowest BCUT2D eigenvalue weighted by Gasteiger charge is -2.13. The van der Waals surface area contributed by atoms with Crippen LogP contribution in [0.3, 0.4) is 0 Å². The molecule has 1 aromatic carbocycles. The van der Waals surface area contributed by atoms with E-state index in [4.69, 9.17) is 9.47 Å². The van der Waals surface area contributed by atoms with E-state index in [1.54, 1.807) is 14.2 Å². The van der Waals surface area contributed by atoms with Gasteiger partial charge in [-0.1, -0.05) is 19.1 Å². The lowest BCUT2D eigenvalue weighted by atomic mass is 10.2. The third kappa shape index (κ3) is 4.55. The van der Waals surface area contributed by atoms with Crippen LogP contribution in [0.1, 0.15) is 18.9 Å². The largest absolute Gasteiger partial charge is 0.493 e. The molecule has 102 valence electrons. The summed E-state index contributed by atoms with van der Waals surface area (Å²) in [6.45, 7) is 5.96. The van der Waals surface area contributed by atoms with Gasteiger partial charge in [0.1, 0.15) is 0 Å². The molecular weight excluding hydrogens is 228 g/mol. The van der Waals surface area contributed by atoms with Crippen molar-refractivity contribution in [3.05, 3.63) is 23.8 Å². The van der Waals surface area contributed by atoms with Crippen LogP contribution in [-0.4, -0.2) is 33.9 Å². The number of benzene rings is 1. The van der Waals surface area contributed by atoms with Crippen LogP contribution in [0.4, 0.5) is 0 Å². The molecule has 0 aliphatic heterocycles. The first-order valence-corrected chi connectivity index (χ1v) is 6.44. The molecule has 2 N–H and O–H groups in total. The number of hydrogen-bond donors (Lipinski definition) is 2. The van der Waals surface area contributed by atoms with E-state index >= 15 is 0 Å². The SMILES string of the molecule is CCCNCCNCc1cccc(OC)c1OC. The lowest BCUT2D eigenvalue weighted by molar-refractivity contribution is 0.350. The normalized spacial score (nSPS) is 10.4. The molecule has 0 unspecified atom stereocenters. The van der Waals surface area contributed by atoms with Crippen molar-refractivity contribution in [1.82, 2.24) is 10.6 Å². The van der Waals surface area contributed by atoms with Crippen LogP contribution in [-0.2, 0) is 6.54 Å². The molecule has 0 heterocycles. The Bertz CT molecular complexity index is 343. The van der Waals surface area contributed by atoms with E-state index in [9.17, 15) is 0 Å². The number of methoxy groups -OCH3 is 2. The third-order valence-corrected chi connectivity index (χ3v) is 2.71. The molecule has 0 aromatic heterocycles. The highest BCUT2D eigenvalue weighted by atomic mass is 16.5. The maximum atomic E-state index is 5.38. The Morgan fingerprint density at radius 3 is 2.44 bits per heavy atom. The maximum absolute atomic E-state index is 5.38. The van der Waals surface area contributed by atoms with Gasteiger partial charge in [-0.3, -0.25) is 0 Å². The van der Waals surface area contributed by atoms with Crippen LogP contribution in [0.25, 0.3) is 0 Å². The molecule has 0 atom stereocenters. The molecule has 0 radical (unpaired) electrons. The summed E-state index contributed by atoms with van der Waals surface area (Å²) in [4.78, 5) is 0. The minimum atomic E-state index is 0.779. The van der Waals surface area contributed by atoms with Gasteiger partial charge in [-0.05, 0) is 19.0 Å². The van der Waals surface area contributed by atoms with Gasteiger partial charge in [0.2, 0.25) is 0 Å². The van der Waals surface area contributed by atoms with E-state index in [2.05, 4.69) is 17.6 Å². The first kappa shape index (κ1) is 14.8. The molecule has 0 saturated carbocycles. The number of ether oxygens (including phenoxy) is 2. The minimum Gasteiger partial charge on any atom is -0.493 e. The molecule has 0 saturated heterocycles. The van der Waals surface area contributed by atoms with Gasteiger partial charge < -0.3 is 20.1 Å². The van der Waals surface area contributed by atoms with E-state index in [0.717, 1.165) is 43.2 Å². The lowest BCUT2D eigenvalue weighted by Crippen LogP contribution is -2.27. The predicted octanol–water partition coefficient (Wildman–Crippen LogP) is 1.79. The molecule has 4 heteroatoms. The number of nitrogens with one attached hydrogen (secondary N) is 2. The Kier molecular flexibility index (Phi) is 7.22. The first-order valence-electron chi connectivity index (χ1n) is 6.44. The molecular formula is C14H24N2O2. The summed E-state index contributed by atoms with van der Waals surface area (Å²) in [5.41, 5.74) is 1.12. The van der Waals surface area contributed by atoms with Gasteiger partial charge in [-0.15, -0.1) is 0 Å². The quantitative estimate of drug-likeness (QED) is 0.658. The van der Waals surface area contributed by atoms with Crippen LogP contribution in [0, 0.1) is 0 Å². The van der Waals surface area contributed by atoms with Gasteiger partial charge in [0.15, 0.2) is 11.5 Å². The van der Waals surface area contributed by atoms with Crippen LogP contribution >= 0.6 is 0 Å². The molecule has 0 aliphatic rings. The smallest absolute Gasteiger partial charge is 0.165 e. The number of hydrogen-bond acceptors (Lipinski definition) is 4. The van der Waals surface area contributed by atoms with Crippen molar-refractivity contribution in [2.45, 2.75) is 19.9 Å². The molecule has 0 amide bonds. The van der Waals surface area contributed by atoms with E-state index in [-0.39, 0.29) is 0 Å². The molecule has 1 rings (SSSR count). The number of rotatable bonds is 9. The van der Waals surface area contributed by atoms with Gasteiger partial charge >= 0.3 is 0 Å². The van der Waals surface area contributed by atoms with Gasteiger partial charge in [0.05, 0.1) is 14.2 Å². The second-order valence-corrected chi connectivity index (χ2v) is 4.08. The molecule has 18 heavy (non-hydrogen) atoms. The van der Waals surface area contributed by atoms with Crippen molar-refractivity contribution < 1.29 is 9.47 Å². The molecule has 0 bridgehead atoms. The van der Waals surface area contributed by atoms with Crippen molar-refractivity contribution in [3.63, 3.8) is 0 Å². The fourth-order valence-electron chi connectivity index (χ4n) is 1.79. The summed E-state index contributed by atoms with van der Waals surface area (Å²) < 4.78 is 10.7. The van der Waals surface area contributed by atoms with Crippen LogP contribution in [0.2, 0.25) is 0 Å². The Labute approximate surface area is 110 Å². The molecule has 0 fully saturated rings. The Hall–Kier alpha value is -1.26. The maximum Gasteiger partial charge on any atom is 0.165 e. The molecule has 0 aliphatic carbocycles. The average Bonchev–Trinajstić information content (AvgIpc) is 2.42. The fourth-order valence-corrected chi connectivity index (χ4v) is 1.79. The zero-order chi connectivity index (χ0) is 13.2. The Morgan fingerprint density at radius 1 is 1.00 bits per heavy atom. The van der Waals surface area contributed by atoms with Crippen molar-refractivity contribution in [2.75, 3.05) is 33.9 Å². The second-order valence-electron chi connectivity index (χ2n) is 4.08. The first-order chi connectivity index (χ1) is 8.83. The van der Waals surface area contributed by atoms with E-state index in [0.29, 0.717) is 0 Å². The second kappa shape index (κ2) is 8.78. The van der Waals surface area contributed by atoms with Gasteiger partial charge in [0.25, 0.3) is 0 Å². The summed E-state index contributed by atoms with van der Waals surface area (Å²) in [6.07, 6.45) is 1.17. The van der Waals surface area contributed by atoms with Crippen molar-refractivity contribution in [3.8, 4) is 11.5 Å². The topological polar surface area (TPSA) is 42.5 Å². The highest BCUT2D eigenvalue weighted by Gasteiger charge is 2.08. The molecule has 0 spiro atoms. The van der Waals surface area contributed by atoms with E-state index in [1.807, 2.05) is 18.2 Å². The van der Waals surface area contributed by atoms with E-state index < -0.39 is 0 Å². The third-order valence-electron chi connectivity index (χ3n) is 2.71. The summed E-state index contributed by atoms with van der Waals surface area (Å²) in [5.74, 6) is 1.59. The standard InChI is InChI=1S/C14H24N2O2/c1-4-8-15-9-10-16-11-12-6-5-7-13(17-2)14(12)18-3/h5-7,15-16H,4,8-11H2,1-3H3. The zero-order valence-corrected chi connectivity index (χ0v) is 11.6. The minimum absolute atomic E-state index is 0.779. The summed E-state index contributed by atoms with van der Waals surface area (Å²) in [7, 11) is 3.33. The summed E-state index contributed by atoms with van der Waals surface area (Å²) in [6, 6.07) is 5.94. The Morgan fingerprint density at radius 2 is 1.78 bits per heavy atom. The molecule has 4 nitrogen and oxygen atoms in total. The van der Waals surface area contributed by atoms with Crippen LogP contribution in [0.15, 0.2) is 18.2 Å². The summed E-state index contributed by atoms with van der Waals surface area (Å²) in [5, 5.41) is 6.74. The van der Waals surface area contributed by atoms with Crippen molar-refractivity contribution in [2.24, 2.45) is 0 Å². The number of para-hydroxylation sites is 1. The fraction of sp³-hybridized carbons (Fsp3) is 0.571. The van der Waals surface area contributed by atoms with Crippen molar-refractivity contribution >= 4 is 0 Å². The van der Waals surface area contributed by atoms with Crippen LogP contribution in [0.5, 0.6) is 11.5 Å². The predicted molar refractivity (Wildman–Crippen MR) is 74.4 cm³/mol. The summed E-state index contributed by atoms with van der Waals surface area (Å²) >= 11 is 0. The highest BCUT2D eigenvalue weighted by Crippen LogP contribution is 2.30. The van der Waals surface area contributed by atoms with Gasteiger partial charge in [-0.25, -0.2) is 0 Å². The van der Waals surface area contributed by atoms with Crippen LogP contribution < -0.4 is 20.1 Å². The van der Waals surface area contributed by atoms with Gasteiger partial charge in [-0.2, -0.15) is 0 Å². The average molecular weight is 252 g/mol. The van der Waals surface area contributed by atoms with Crippen molar-refractivity contribution in [1.29, 1.82) is 0 Å². The van der Waals surface area contributed by atoms with E-state index in [1.165, 1.54) is 6.42 Å². The monoisotopic (exact) mass is 252 g/mol. The highest BCUT2D eigenvalue weighted by molar-refractivity contribution is 5.46. The van der Waals surface area contributed by atoms with Gasteiger partial charge in [0, 0.05) is 25.2 Å². The Balaban J connectivity index is 2.41. The molecule has 1 aromatic rings.